The molecular weight excluding hydrogens is 226 g/mol. The van der Waals surface area contributed by atoms with Crippen LogP contribution in [-0.2, 0) is 10.0 Å². The lowest BCUT2D eigenvalue weighted by Crippen LogP contribution is -2.20. The third kappa shape index (κ3) is 2.81. The van der Waals surface area contributed by atoms with Crippen LogP contribution in [0.2, 0.25) is 0 Å². The highest BCUT2D eigenvalue weighted by atomic mass is 32.2. The summed E-state index contributed by atoms with van der Waals surface area (Å²) in [5, 5.41) is 14.9. The van der Waals surface area contributed by atoms with Crippen LogP contribution in [-0.4, -0.2) is 19.6 Å². The van der Waals surface area contributed by atoms with E-state index in [1.54, 1.807) is 25.1 Å². The van der Waals surface area contributed by atoms with Crippen molar-refractivity contribution >= 4 is 10.0 Å². The predicted molar refractivity (Wildman–Crippen MR) is 62.5 cm³/mol. The highest BCUT2D eigenvalue weighted by molar-refractivity contribution is 7.89. The molecule has 0 saturated carbocycles. The first kappa shape index (κ1) is 13.2. The fraction of sp³-hybridized carbons (Fsp3) is 0.455. The zero-order valence-electron chi connectivity index (χ0n) is 9.42. The molecule has 0 amide bonds. The van der Waals surface area contributed by atoms with Crippen molar-refractivity contribution in [2.45, 2.75) is 37.2 Å². The molecule has 0 fully saturated rings. The maximum atomic E-state index is 11.4. The minimum absolute atomic E-state index is 0.0926. The topological polar surface area (TPSA) is 80.4 Å². The van der Waals surface area contributed by atoms with Crippen molar-refractivity contribution in [2.75, 3.05) is 0 Å². The van der Waals surface area contributed by atoms with E-state index < -0.39 is 16.1 Å². The van der Waals surface area contributed by atoms with Crippen LogP contribution in [0, 0.1) is 0 Å². The van der Waals surface area contributed by atoms with E-state index in [2.05, 4.69) is 0 Å². The second-order valence-corrected chi connectivity index (χ2v) is 5.38. The Bertz CT molecular complexity index is 456. The standard InChI is InChI=1S/C11H17NO3S/c1-3-10(13)8(2)9-6-4-5-7-11(9)16(12,14)15/h4-8,10,13H,3H2,1-2H3,(H2,12,14,15). The molecule has 5 heteroatoms. The maximum absolute atomic E-state index is 11.4. The summed E-state index contributed by atoms with van der Waals surface area (Å²) in [4.78, 5) is 0.0926. The summed E-state index contributed by atoms with van der Waals surface area (Å²) in [5.74, 6) is -0.250. The molecule has 0 saturated heterocycles. The SMILES string of the molecule is CCC(O)C(C)c1ccccc1S(N)(=O)=O. The number of hydrogen-bond donors (Lipinski definition) is 2. The van der Waals surface area contributed by atoms with E-state index in [0.717, 1.165) is 0 Å². The van der Waals surface area contributed by atoms with Gasteiger partial charge in [-0.2, -0.15) is 0 Å². The maximum Gasteiger partial charge on any atom is 0.238 e. The van der Waals surface area contributed by atoms with Gasteiger partial charge in [-0.15, -0.1) is 0 Å². The second-order valence-electron chi connectivity index (χ2n) is 3.85. The van der Waals surface area contributed by atoms with Gasteiger partial charge < -0.3 is 5.11 Å². The molecule has 0 aliphatic heterocycles. The second kappa shape index (κ2) is 4.95. The number of nitrogens with two attached hydrogens (primary N) is 1. The summed E-state index contributed by atoms with van der Waals surface area (Å²) in [6.45, 7) is 3.64. The summed E-state index contributed by atoms with van der Waals surface area (Å²) in [5.41, 5.74) is 0.569. The van der Waals surface area contributed by atoms with E-state index in [1.807, 2.05) is 6.92 Å². The van der Waals surface area contributed by atoms with Gasteiger partial charge in [-0.05, 0) is 18.1 Å². The Kier molecular flexibility index (Phi) is 4.07. The van der Waals surface area contributed by atoms with Crippen molar-refractivity contribution in [1.29, 1.82) is 0 Å². The molecule has 1 aromatic rings. The van der Waals surface area contributed by atoms with Crippen LogP contribution in [0.1, 0.15) is 31.7 Å². The fourth-order valence-electron chi connectivity index (χ4n) is 1.68. The van der Waals surface area contributed by atoms with Crippen LogP contribution >= 0.6 is 0 Å². The van der Waals surface area contributed by atoms with Gasteiger partial charge in [0, 0.05) is 5.92 Å². The highest BCUT2D eigenvalue weighted by Crippen LogP contribution is 2.26. The third-order valence-electron chi connectivity index (χ3n) is 2.71. The molecule has 1 rings (SSSR count). The quantitative estimate of drug-likeness (QED) is 0.834. The number of aliphatic hydroxyl groups excluding tert-OH is 1. The van der Waals surface area contributed by atoms with Gasteiger partial charge in [-0.3, -0.25) is 0 Å². The molecule has 3 N–H and O–H groups in total. The van der Waals surface area contributed by atoms with Crippen molar-refractivity contribution in [3.8, 4) is 0 Å². The number of sulfonamides is 1. The number of primary sulfonamides is 1. The minimum Gasteiger partial charge on any atom is -0.393 e. The fourth-order valence-corrected chi connectivity index (χ4v) is 2.53. The first-order valence-electron chi connectivity index (χ1n) is 5.17. The summed E-state index contributed by atoms with van der Waals surface area (Å²) < 4.78 is 22.7. The van der Waals surface area contributed by atoms with Gasteiger partial charge in [-0.1, -0.05) is 32.0 Å². The van der Waals surface area contributed by atoms with Gasteiger partial charge in [0.25, 0.3) is 0 Å². The smallest absolute Gasteiger partial charge is 0.238 e. The van der Waals surface area contributed by atoms with E-state index in [1.165, 1.54) is 6.07 Å². The van der Waals surface area contributed by atoms with E-state index in [4.69, 9.17) is 5.14 Å². The Morgan fingerprint density at radius 3 is 2.44 bits per heavy atom. The Hall–Kier alpha value is -0.910. The Morgan fingerprint density at radius 1 is 1.38 bits per heavy atom. The molecule has 0 spiro atoms. The third-order valence-corrected chi connectivity index (χ3v) is 3.70. The Labute approximate surface area is 96.2 Å². The molecular formula is C11H17NO3S. The number of aliphatic hydroxyl groups is 1. The molecule has 90 valence electrons. The monoisotopic (exact) mass is 243 g/mol. The van der Waals surface area contributed by atoms with E-state index in [9.17, 15) is 13.5 Å². The minimum atomic E-state index is -3.73. The Balaban J connectivity index is 3.24. The molecule has 0 radical (unpaired) electrons. The molecule has 0 bridgehead atoms. The van der Waals surface area contributed by atoms with Crippen LogP contribution < -0.4 is 5.14 Å². The summed E-state index contributed by atoms with van der Waals surface area (Å²) in [7, 11) is -3.73. The van der Waals surface area contributed by atoms with Crippen molar-refractivity contribution in [1.82, 2.24) is 0 Å². The first-order chi connectivity index (χ1) is 7.38. The molecule has 0 aromatic heterocycles. The van der Waals surface area contributed by atoms with Gasteiger partial charge in [0.05, 0.1) is 11.0 Å². The van der Waals surface area contributed by atoms with E-state index in [0.29, 0.717) is 12.0 Å². The largest absolute Gasteiger partial charge is 0.393 e. The first-order valence-corrected chi connectivity index (χ1v) is 6.72. The van der Waals surface area contributed by atoms with Gasteiger partial charge in [0.1, 0.15) is 0 Å². The van der Waals surface area contributed by atoms with E-state index in [-0.39, 0.29) is 10.8 Å². The van der Waals surface area contributed by atoms with E-state index >= 15 is 0 Å². The van der Waals surface area contributed by atoms with Crippen LogP contribution in [0.4, 0.5) is 0 Å². The molecule has 2 unspecified atom stereocenters. The van der Waals surface area contributed by atoms with Crippen molar-refractivity contribution < 1.29 is 13.5 Å². The van der Waals surface area contributed by atoms with Crippen LogP contribution in [0.25, 0.3) is 0 Å². The van der Waals surface area contributed by atoms with Crippen molar-refractivity contribution in [3.05, 3.63) is 29.8 Å². The molecule has 0 aliphatic carbocycles. The number of rotatable bonds is 4. The molecule has 1 aromatic carbocycles. The average molecular weight is 243 g/mol. The lowest BCUT2D eigenvalue weighted by atomic mass is 9.94. The van der Waals surface area contributed by atoms with Gasteiger partial charge >= 0.3 is 0 Å². The van der Waals surface area contributed by atoms with Crippen LogP contribution in [0.15, 0.2) is 29.2 Å². The Morgan fingerprint density at radius 2 is 1.94 bits per heavy atom. The molecule has 0 aliphatic rings. The van der Waals surface area contributed by atoms with Crippen molar-refractivity contribution in [2.24, 2.45) is 5.14 Å². The summed E-state index contributed by atoms with van der Waals surface area (Å²) in [6.07, 6.45) is 0.00280. The van der Waals surface area contributed by atoms with Crippen LogP contribution in [0.5, 0.6) is 0 Å². The van der Waals surface area contributed by atoms with Crippen molar-refractivity contribution in [3.63, 3.8) is 0 Å². The lowest BCUT2D eigenvalue weighted by Gasteiger charge is -2.19. The summed E-state index contributed by atoms with van der Waals surface area (Å²) >= 11 is 0. The number of hydrogen-bond acceptors (Lipinski definition) is 3. The predicted octanol–water partition coefficient (Wildman–Crippen LogP) is 1.21. The van der Waals surface area contributed by atoms with Crippen LogP contribution in [0.3, 0.4) is 0 Å². The van der Waals surface area contributed by atoms with Gasteiger partial charge in [-0.25, -0.2) is 13.6 Å². The zero-order chi connectivity index (χ0) is 12.3. The highest BCUT2D eigenvalue weighted by Gasteiger charge is 2.21. The molecule has 16 heavy (non-hydrogen) atoms. The molecule has 2 atom stereocenters. The zero-order valence-corrected chi connectivity index (χ0v) is 10.2. The lowest BCUT2D eigenvalue weighted by molar-refractivity contribution is 0.144. The normalized spacial score (nSPS) is 15.8. The average Bonchev–Trinajstić information content (AvgIpc) is 2.26. The molecule has 4 nitrogen and oxygen atoms in total. The molecule has 0 heterocycles. The van der Waals surface area contributed by atoms with Gasteiger partial charge in [0.15, 0.2) is 0 Å². The van der Waals surface area contributed by atoms with Gasteiger partial charge in [0.2, 0.25) is 10.0 Å². The summed E-state index contributed by atoms with van der Waals surface area (Å²) in [6, 6.07) is 6.50. The number of benzene rings is 1.